The molecule has 1 aliphatic carbocycles. The molecule has 1 amide bonds. The Kier molecular flexibility index (Phi) is 6.68. The van der Waals surface area contributed by atoms with Crippen LogP contribution in [0.1, 0.15) is 45.6 Å². The Morgan fingerprint density at radius 1 is 1.15 bits per heavy atom. The van der Waals surface area contributed by atoms with E-state index >= 15 is 0 Å². The number of nitrogens with zero attached hydrogens (tertiary/aromatic N) is 1. The van der Waals surface area contributed by atoms with Crippen molar-refractivity contribution in [1.29, 1.82) is 0 Å². The summed E-state index contributed by atoms with van der Waals surface area (Å²) in [6.45, 7) is 7.69. The van der Waals surface area contributed by atoms with Gasteiger partial charge in [0.2, 0.25) is 5.91 Å². The lowest BCUT2D eigenvalue weighted by Crippen LogP contribution is -2.42. The van der Waals surface area contributed by atoms with Crippen LogP contribution in [0.15, 0.2) is 24.3 Å². The first-order valence-corrected chi connectivity index (χ1v) is 9.34. The van der Waals surface area contributed by atoms with E-state index in [2.05, 4.69) is 20.8 Å². The van der Waals surface area contributed by atoms with Gasteiger partial charge in [0, 0.05) is 19.0 Å². The van der Waals surface area contributed by atoms with Crippen molar-refractivity contribution in [2.24, 2.45) is 17.3 Å². The molecule has 0 aliphatic heterocycles. The second-order valence-electron chi connectivity index (χ2n) is 8.46. The molecule has 0 saturated heterocycles. The Hall–Kier alpha value is -2.04. The fourth-order valence-corrected chi connectivity index (χ4v) is 3.58. The highest BCUT2D eigenvalue weighted by atomic mass is 16.5. The maximum Gasteiger partial charge on any atom is 0.306 e. The molecule has 0 bridgehead atoms. The van der Waals surface area contributed by atoms with Crippen LogP contribution >= 0.6 is 0 Å². The number of carboxylic acid groups (broad SMARTS) is 1. The highest BCUT2D eigenvalue weighted by Crippen LogP contribution is 2.33. The third kappa shape index (κ3) is 5.75. The molecular weight excluding hydrogens is 330 g/mol. The van der Waals surface area contributed by atoms with Gasteiger partial charge in [0.05, 0.1) is 13.0 Å². The summed E-state index contributed by atoms with van der Waals surface area (Å²) in [5.41, 5.74) is 1.16. The maximum absolute atomic E-state index is 13.0. The van der Waals surface area contributed by atoms with Crippen molar-refractivity contribution in [3.63, 3.8) is 0 Å². The molecule has 0 heterocycles. The van der Waals surface area contributed by atoms with Gasteiger partial charge >= 0.3 is 5.97 Å². The number of carbonyl (C=O) groups is 2. The average Bonchev–Trinajstić information content (AvgIpc) is 3.08. The Morgan fingerprint density at radius 2 is 1.77 bits per heavy atom. The van der Waals surface area contributed by atoms with Gasteiger partial charge in [-0.15, -0.1) is 0 Å². The number of carbonyl (C=O) groups excluding carboxylic acids is 1. The van der Waals surface area contributed by atoms with Crippen LogP contribution in [0.25, 0.3) is 0 Å². The molecule has 5 nitrogen and oxygen atoms in total. The van der Waals surface area contributed by atoms with Gasteiger partial charge in [-0.2, -0.15) is 0 Å². The van der Waals surface area contributed by atoms with E-state index in [0.29, 0.717) is 32.4 Å². The first-order chi connectivity index (χ1) is 12.2. The van der Waals surface area contributed by atoms with Crippen LogP contribution in [0.2, 0.25) is 0 Å². The quantitative estimate of drug-likeness (QED) is 0.805. The zero-order valence-corrected chi connectivity index (χ0v) is 16.3. The monoisotopic (exact) mass is 361 g/mol. The molecule has 144 valence electrons. The topological polar surface area (TPSA) is 66.8 Å². The number of ether oxygens (including phenoxy) is 1. The van der Waals surface area contributed by atoms with Crippen LogP contribution in [0.5, 0.6) is 5.75 Å². The van der Waals surface area contributed by atoms with Gasteiger partial charge in [-0.05, 0) is 48.8 Å². The van der Waals surface area contributed by atoms with Crippen LogP contribution in [-0.4, -0.2) is 42.1 Å². The standard InChI is InChI=1S/C21H31NO4/c1-21(2,3)14-22(12-11-15-5-9-18(26-4)10-6-15)19(23)16-7-8-17(13-16)20(24)25/h5-6,9-10,16-17H,7-8,11-14H2,1-4H3,(H,24,25)/t16-,17+/m1/s1. The van der Waals surface area contributed by atoms with Crippen molar-refractivity contribution in [3.05, 3.63) is 29.8 Å². The van der Waals surface area contributed by atoms with Crippen LogP contribution in [0.4, 0.5) is 0 Å². The smallest absolute Gasteiger partial charge is 0.306 e. The Balaban J connectivity index is 2.02. The van der Waals surface area contributed by atoms with Crippen molar-refractivity contribution in [3.8, 4) is 5.75 Å². The first kappa shape index (κ1) is 20.3. The molecule has 1 fully saturated rings. The highest BCUT2D eigenvalue weighted by molar-refractivity contribution is 5.81. The third-order valence-corrected chi connectivity index (χ3v) is 4.94. The molecular formula is C21H31NO4. The molecule has 1 aromatic carbocycles. The molecule has 0 radical (unpaired) electrons. The summed E-state index contributed by atoms with van der Waals surface area (Å²) in [6.07, 6.45) is 2.53. The first-order valence-electron chi connectivity index (χ1n) is 9.34. The SMILES string of the molecule is COc1ccc(CCN(CC(C)(C)C)C(=O)[C@@H]2CC[C@H](C(=O)O)C2)cc1. The van der Waals surface area contributed by atoms with E-state index in [1.165, 1.54) is 0 Å². The van der Waals surface area contributed by atoms with Crippen molar-refractivity contribution in [1.82, 2.24) is 4.90 Å². The molecule has 0 aromatic heterocycles. The summed E-state index contributed by atoms with van der Waals surface area (Å²) in [5, 5.41) is 9.20. The van der Waals surface area contributed by atoms with Gasteiger partial charge in [0.15, 0.2) is 0 Å². The van der Waals surface area contributed by atoms with Crippen molar-refractivity contribution >= 4 is 11.9 Å². The van der Waals surface area contributed by atoms with E-state index in [1.54, 1.807) is 7.11 Å². The average molecular weight is 361 g/mol. The van der Waals surface area contributed by atoms with Crippen molar-refractivity contribution < 1.29 is 19.4 Å². The minimum Gasteiger partial charge on any atom is -0.497 e. The number of hydrogen-bond acceptors (Lipinski definition) is 3. The largest absolute Gasteiger partial charge is 0.497 e. The summed E-state index contributed by atoms with van der Waals surface area (Å²) >= 11 is 0. The highest BCUT2D eigenvalue weighted by Gasteiger charge is 2.36. The van der Waals surface area contributed by atoms with Gasteiger partial charge in [-0.25, -0.2) is 0 Å². The van der Waals surface area contributed by atoms with E-state index in [9.17, 15) is 14.7 Å². The van der Waals surface area contributed by atoms with Gasteiger partial charge in [-0.3, -0.25) is 9.59 Å². The fourth-order valence-electron chi connectivity index (χ4n) is 3.58. The zero-order valence-electron chi connectivity index (χ0n) is 16.3. The van der Waals surface area contributed by atoms with Crippen molar-refractivity contribution in [2.75, 3.05) is 20.2 Å². The molecule has 26 heavy (non-hydrogen) atoms. The fraction of sp³-hybridized carbons (Fsp3) is 0.619. The van der Waals surface area contributed by atoms with Gasteiger partial charge in [0.1, 0.15) is 5.75 Å². The predicted molar refractivity (Wildman–Crippen MR) is 101 cm³/mol. The number of hydrogen-bond donors (Lipinski definition) is 1. The van der Waals surface area contributed by atoms with Gasteiger partial charge in [-0.1, -0.05) is 32.9 Å². The molecule has 1 aliphatic rings. The Bertz CT molecular complexity index is 618. The summed E-state index contributed by atoms with van der Waals surface area (Å²) in [7, 11) is 1.64. The summed E-state index contributed by atoms with van der Waals surface area (Å²) in [6, 6.07) is 7.91. The number of carboxylic acids is 1. The van der Waals surface area contributed by atoms with Crippen LogP contribution in [-0.2, 0) is 16.0 Å². The van der Waals surface area contributed by atoms with E-state index < -0.39 is 5.97 Å². The Labute approximate surface area is 156 Å². The lowest BCUT2D eigenvalue weighted by Gasteiger charge is -2.32. The number of benzene rings is 1. The molecule has 1 saturated carbocycles. The molecule has 1 N–H and O–H groups in total. The number of methoxy groups -OCH3 is 1. The minimum atomic E-state index is -0.777. The summed E-state index contributed by atoms with van der Waals surface area (Å²) < 4.78 is 5.18. The molecule has 1 aromatic rings. The second-order valence-corrected chi connectivity index (χ2v) is 8.46. The second kappa shape index (κ2) is 8.56. The zero-order chi connectivity index (χ0) is 19.3. The molecule has 5 heteroatoms. The number of rotatable bonds is 7. The minimum absolute atomic E-state index is 0.000369. The maximum atomic E-state index is 13.0. The van der Waals surface area contributed by atoms with Crippen LogP contribution in [0, 0.1) is 17.3 Å². The van der Waals surface area contributed by atoms with E-state index in [1.807, 2.05) is 29.2 Å². The summed E-state index contributed by atoms with van der Waals surface area (Å²) in [4.78, 5) is 26.2. The van der Waals surface area contributed by atoms with Crippen LogP contribution < -0.4 is 4.74 Å². The van der Waals surface area contributed by atoms with Crippen molar-refractivity contribution in [2.45, 2.75) is 46.5 Å². The normalized spacial score (nSPS) is 20.0. The lowest BCUT2D eigenvalue weighted by atomic mass is 9.94. The van der Waals surface area contributed by atoms with E-state index in [4.69, 9.17) is 4.74 Å². The molecule has 2 atom stereocenters. The van der Waals surface area contributed by atoms with E-state index in [-0.39, 0.29) is 23.2 Å². The van der Waals surface area contributed by atoms with Gasteiger partial charge in [0.25, 0.3) is 0 Å². The summed E-state index contributed by atoms with van der Waals surface area (Å²) in [5.74, 6) is -0.378. The lowest BCUT2D eigenvalue weighted by molar-refractivity contribution is -0.141. The predicted octanol–water partition coefficient (Wildman–Crippen LogP) is 3.61. The van der Waals surface area contributed by atoms with Gasteiger partial charge < -0.3 is 14.7 Å². The molecule has 0 unspecified atom stereocenters. The number of amides is 1. The molecule has 0 spiro atoms. The van der Waals surface area contributed by atoms with E-state index in [0.717, 1.165) is 17.7 Å². The third-order valence-electron chi connectivity index (χ3n) is 4.94. The Morgan fingerprint density at radius 3 is 2.27 bits per heavy atom. The molecule has 2 rings (SSSR count). The van der Waals surface area contributed by atoms with Crippen LogP contribution in [0.3, 0.4) is 0 Å². The number of aliphatic carboxylic acids is 1.